The number of morpholine rings is 1. The minimum absolute atomic E-state index is 0.168. The molecule has 0 bridgehead atoms. The minimum Gasteiger partial charge on any atom is -0.455 e. The van der Waals surface area contributed by atoms with Gasteiger partial charge >= 0.3 is 0 Å². The Labute approximate surface area is 189 Å². The average Bonchev–Trinajstić information content (AvgIpc) is 2.81. The summed E-state index contributed by atoms with van der Waals surface area (Å²) in [4.78, 5) is 26.1. The van der Waals surface area contributed by atoms with Crippen molar-refractivity contribution in [2.75, 3.05) is 36.5 Å². The lowest BCUT2D eigenvalue weighted by Gasteiger charge is -2.30. The number of anilines is 2. The average molecular weight is 454 g/mol. The maximum absolute atomic E-state index is 13.3. The van der Waals surface area contributed by atoms with Gasteiger partial charge in [-0.15, -0.1) is 0 Å². The van der Waals surface area contributed by atoms with Crippen molar-refractivity contribution >= 4 is 34.6 Å². The Morgan fingerprint density at radius 1 is 1.06 bits per heavy atom. The number of nitrogens with zero attached hydrogens (tertiary/aromatic N) is 2. The van der Waals surface area contributed by atoms with Crippen LogP contribution in [-0.2, 0) is 4.74 Å². The van der Waals surface area contributed by atoms with Crippen molar-refractivity contribution in [3.8, 4) is 11.5 Å². The highest BCUT2D eigenvalue weighted by molar-refractivity contribution is 6.31. The SMILES string of the molecule is O=C(Nc1cc(Cl)ccc1Oc1ccccc1)c1cc([N+](=O)[O-])ccc1N1CCOCC1. The largest absolute Gasteiger partial charge is 0.455 e. The van der Waals surface area contributed by atoms with Crippen LogP contribution >= 0.6 is 11.6 Å². The van der Waals surface area contributed by atoms with Gasteiger partial charge in [0.05, 0.1) is 35.1 Å². The van der Waals surface area contributed by atoms with Gasteiger partial charge in [-0.2, -0.15) is 0 Å². The van der Waals surface area contributed by atoms with Crippen LogP contribution in [0, 0.1) is 10.1 Å². The first-order chi connectivity index (χ1) is 15.5. The Morgan fingerprint density at radius 2 is 1.81 bits per heavy atom. The van der Waals surface area contributed by atoms with E-state index in [0.717, 1.165) is 0 Å². The predicted molar refractivity (Wildman–Crippen MR) is 122 cm³/mol. The molecule has 4 rings (SSSR count). The second kappa shape index (κ2) is 9.67. The standard InChI is InChI=1S/C23H20ClN3O5/c24-16-6-9-22(32-18-4-2-1-3-5-18)20(14-16)25-23(28)19-15-17(27(29)30)7-8-21(19)26-10-12-31-13-11-26/h1-9,14-15H,10-13H2,(H,25,28). The van der Waals surface area contributed by atoms with Crippen LogP contribution in [-0.4, -0.2) is 37.1 Å². The summed E-state index contributed by atoms with van der Waals surface area (Å²) in [6.45, 7) is 2.19. The van der Waals surface area contributed by atoms with E-state index < -0.39 is 10.8 Å². The smallest absolute Gasteiger partial charge is 0.270 e. The molecule has 1 amide bonds. The molecule has 0 atom stereocenters. The van der Waals surface area contributed by atoms with Crippen molar-refractivity contribution in [2.45, 2.75) is 0 Å². The second-order valence-corrected chi connectivity index (χ2v) is 7.50. The van der Waals surface area contributed by atoms with Crippen molar-refractivity contribution in [2.24, 2.45) is 0 Å². The predicted octanol–water partition coefficient (Wildman–Crippen LogP) is 5.13. The molecule has 0 aromatic heterocycles. The summed E-state index contributed by atoms with van der Waals surface area (Å²) < 4.78 is 11.3. The molecule has 1 aliphatic heterocycles. The van der Waals surface area contributed by atoms with Gasteiger partial charge in [0, 0.05) is 30.2 Å². The van der Waals surface area contributed by atoms with Gasteiger partial charge in [0.2, 0.25) is 0 Å². The van der Waals surface area contributed by atoms with E-state index in [1.807, 2.05) is 23.1 Å². The molecule has 3 aromatic rings. The zero-order chi connectivity index (χ0) is 22.5. The van der Waals surface area contributed by atoms with E-state index in [1.54, 1.807) is 36.4 Å². The number of non-ortho nitro benzene ring substituents is 1. The summed E-state index contributed by atoms with van der Waals surface area (Å²) in [5.41, 5.74) is 0.973. The first kappa shape index (κ1) is 21.6. The number of rotatable bonds is 6. The van der Waals surface area contributed by atoms with Crippen molar-refractivity contribution in [1.82, 2.24) is 0 Å². The van der Waals surface area contributed by atoms with E-state index >= 15 is 0 Å². The fourth-order valence-corrected chi connectivity index (χ4v) is 3.57. The van der Waals surface area contributed by atoms with Gasteiger partial charge in [0.25, 0.3) is 11.6 Å². The number of nitrogens with one attached hydrogen (secondary N) is 1. The highest BCUT2D eigenvalue weighted by Gasteiger charge is 2.23. The maximum Gasteiger partial charge on any atom is 0.270 e. The number of para-hydroxylation sites is 1. The number of nitro groups is 1. The van der Waals surface area contributed by atoms with Crippen molar-refractivity contribution in [3.63, 3.8) is 0 Å². The van der Waals surface area contributed by atoms with Crippen LogP contribution in [0.4, 0.5) is 17.1 Å². The number of carbonyl (C=O) groups is 1. The first-order valence-electron chi connectivity index (χ1n) is 9.96. The van der Waals surface area contributed by atoms with Crippen LogP contribution in [0.5, 0.6) is 11.5 Å². The molecule has 1 saturated heterocycles. The molecular weight excluding hydrogens is 434 g/mol. The van der Waals surface area contributed by atoms with Crippen LogP contribution in [0.3, 0.4) is 0 Å². The Hall–Kier alpha value is -3.62. The molecular formula is C23H20ClN3O5. The molecule has 0 radical (unpaired) electrons. The summed E-state index contributed by atoms with van der Waals surface area (Å²) in [6, 6.07) is 18.3. The first-order valence-corrected chi connectivity index (χ1v) is 10.3. The molecule has 1 N–H and O–H groups in total. The van der Waals surface area contributed by atoms with Gasteiger partial charge in [0.15, 0.2) is 5.75 Å². The number of halogens is 1. The zero-order valence-electron chi connectivity index (χ0n) is 17.0. The molecule has 32 heavy (non-hydrogen) atoms. The molecule has 1 fully saturated rings. The van der Waals surface area contributed by atoms with Crippen LogP contribution in [0.2, 0.25) is 5.02 Å². The second-order valence-electron chi connectivity index (χ2n) is 7.07. The van der Waals surface area contributed by atoms with Gasteiger partial charge < -0.3 is 19.7 Å². The number of carbonyl (C=O) groups excluding carboxylic acids is 1. The third kappa shape index (κ3) is 4.99. The summed E-state index contributed by atoms with van der Waals surface area (Å²) in [7, 11) is 0. The molecule has 0 unspecified atom stereocenters. The number of ether oxygens (including phenoxy) is 2. The number of amides is 1. The lowest BCUT2D eigenvalue weighted by atomic mass is 10.1. The molecule has 8 nitrogen and oxygen atoms in total. The van der Waals surface area contributed by atoms with Crippen molar-refractivity contribution < 1.29 is 19.2 Å². The Balaban J connectivity index is 1.67. The van der Waals surface area contributed by atoms with Crippen LogP contribution < -0.4 is 15.0 Å². The molecule has 0 saturated carbocycles. The third-order valence-electron chi connectivity index (χ3n) is 4.95. The highest BCUT2D eigenvalue weighted by atomic mass is 35.5. The number of benzene rings is 3. The summed E-state index contributed by atoms with van der Waals surface area (Å²) in [5, 5.41) is 14.5. The van der Waals surface area contributed by atoms with Gasteiger partial charge in [-0.05, 0) is 36.4 Å². The summed E-state index contributed by atoms with van der Waals surface area (Å²) in [5.74, 6) is 0.484. The summed E-state index contributed by atoms with van der Waals surface area (Å²) in [6.07, 6.45) is 0. The Morgan fingerprint density at radius 3 is 2.53 bits per heavy atom. The third-order valence-corrected chi connectivity index (χ3v) is 5.18. The van der Waals surface area contributed by atoms with E-state index in [2.05, 4.69) is 5.32 Å². The van der Waals surface area contributed by atoms with E-state index in [4.69, 9.17) is 21.1 Å². The lowest BCUT2D eigenvalue weighted by molar-refractivity contribution is -0.384. The van der Waals surface area contributed by atoms with Gasteiger partial charge in [-0.3, -0.25) is 14.9 Å². The molecule has 164 valence electrons. The topological polar surface area (TPSA) is 93.9 Å². The van der Waals surface area contributed by atoms with Crippen LogP contribution in [0.25, 0.3) is 0 Å². The molecule has 1 heterocycles. The number of hydrogen-bond donors (Lipinski definition) is 1. The fraction of sp³-hybridized carbons (Fsp3) is 0.174. The fourth-order valence-electron chi connectivity index (χ4n) is 3.39. The van der Waals surface area contributed by atoms with Crippen molar-refractivity contribution in [1.29, 1.82) is 0 Å². The van der Waals surface area contributed by atoms with E-state index in [1.165, 1.54) is 12.1 Å². The number of hydrogen-bond acceptors (Lipinski definition) is 6. The molecule has 0 aliphatic carbocycles. The quantitative estimate of drug-likeness (QED) is 0.410. The number of nitro benzene ring substituents is 1. The van der Waals surface area contributed by atoms with Crippen LogP contribution in [0.1, 0.15) is 10.4 Å². The zero-order valence-corrected chi connectivity index (χ0v) is 17.7. The van der Waals surface area contributed by atoms with Crippen molar-refractivity contribution in [3.05, 3.63) is 87.4 Å². The lowest BCUT2D eigenvalue weighted by Crippen LogP contribution is -2.37. The highest BCUT2D eigenvalue weighted by Crippen LogP contribution is 2.34. The van der Waals surface area contributed by atoms with E-state index in [-0.39, 0.29) is 11.3 Å². The maximum atomic E-state index is 13.3. The summed E-state index contributed by atoms with van der Waals surface area (Å²) >= 11 is 6.15. The van der Waals surface area contributed by atoms with E-state index in [9.17, 15) is 14.9 Å². The Kier molecular flexibility index (Phi) is 6.53. The van der Waals surface area contributed by atoms with E-state index in [0.29, 0.717) is 54.2 Å². The van der Waals surface area contributed by atoms with Gasteiger partial charge in [-0.25, -0.2) is 0 Å². The Bertz CT molecular complexity index is 1130. The minimum atomic E-state index is -0.525. The molecule has 0 spiro atoms. The van der Waals surface area contributed by atoms with Gasteiger partial charge in [0.1, 0.15) is 5.75 Å². The normalized spacial score (nSPS) is 13.5. The monoisotopic (exact) mass is 453 g/mol. The molecule has 9 heteroatoms. The van der Waals surface area contributed by atoms with Gasteiger partial charge in [-0.1, -0.05) is 29.8 Å². The molecule has 3 aromatic carbocycles. The molecule has 1 aliphatic rings. The van der Waals surface area contributed by atoms with Crippen LogP contribution in [0.15, 0.2) is 66.7 Å².